The van der Waals surface area contributed by atoms with Crippen molar-refractivity contribution in [1.82, 2.24) is 19.9 Å². The number of likely N-dealkylation sites (tertiary alicyclic amines) is 1. The van der Waals surface area contributed by atoms with E-state index in [2.05, 4.69) is 21.3 Å². The largest absolute Gasteiger partial charge is 0.297 e. The van der Waals surface area contributed by atoms with Crippen LogP contribution in [0.15, 0.2) is 30.5 Å². The molecule has 1 saturated heterocycles. The van der Waals surface area contributed by atoms with E-state index in [1.807, 2.05) is 24.4 Å². The minimum absolute atomic E-state index is 0.0193. The third-order valence-corrected chi connectivity index (χ3v) is 7.30. The zero-order chi connectivity index (χ0) is 22.1. The van der Waals surface area contributed by atoms with Gasteiger partial charge in [-0.3, -0.25) is 4.90 Å². The Bertz CT molecular complexity index is 990. The molecule has 2 fully saturated rings. The second kappa shape index (κ2) is 8.94. The van der Waals surface area contributed by atoms with Crippen LogP contribution in [0.2, 0.25) is 0 Å². The molecule has 1 aliphatic heterocycles. The van der Waals surface area contributed by atoms with Crippen molar-refractivity contribution >= 4 is 9.84 Å². The minimum atomic E-state index is -3.04. The van der Waals surface area contributed by atoms with Gasteiger partial charge in [-0.05, 0) is 55.8 Å². The molecule has 0 N–H and O–H groups in total. The Balaban J connectivity index is 1.29. The third kappa shape index (κ3) is 6.10. The highest BCUT2D eigenvalue weighted by Crippen LogP contribution is 2.38. The summed E-state index contributed by atoms with van der Waals surface area (Å²) in [4.78, 5) is 2.35. The number of hydrogen-bond donors (Lipinski definition) is 0. The average Bonchev–Trinajstić information content (AvgIpc) is 3.16. The predicted octanol–water partition coefficient (Wildman–Crippen LogP) is 3.95. The molecule has 0 atom stereocenters. The van der Waals surface area contributed by atoms with Gasteiger partial charge in [0.05, 0.1) is 23.7 Å². The smallest absolute Gasteiger partial charge is 0.248 e. The van der Waals surface area contributed by atoms with Gasteiger partial charge in [-0.1, -0.05) is 29.5 Å². The van der Waals surface area contributed by atoms with Crippen molar-refractivity contribution < 1.29 is 17.2 Å². The van der Waals surface area contributed by atoms with Crippen LogP contribution in [0.4, 0.5) is 8.78 Å². The Labute approximate surface area is 182 Å². The molecule has 0 bridgehead atoms. The lowest BCUT2D eigenvalue weighted by molar-refractivity contribution is -0.0451. The summed E-state index contributed by atoms with van der Waals surface area (Å²) in [6.45, 7) is 2.58. The summed E-state index contributed by atoms with van der Waals surface area (Å²) < 4.78 is 51.7. The van der Waals surface area contributed by atoms with Crippen molar-refractivity contribution in [2.24, 2.45) is 0 Å². The summed E-state index contributed by atoms with van der Waals surface area (Å²) in [5.41, 5.74) is 2.94. The van der Waals surface area contributed by atoms with Crippen molar-refractivity contribution in [3.63, 3.8) is 0 Å². The van der Waals surface area contributed by atoms with Crippen LogP contribution in [0.25, 0.3) is 0 Å². The van der Waals surface area contributed by atoms with Gasteiger partial charge in [0.1, 0.15) is 0 Å². The van der Waals surface area contributed by atoms with E-state index in [9.17, 15) is 17.2 Å². The van der Waals surface area contributed by atoms with Crippen molar-refractivity contribution in [3.8, 4) is 0 Å². The van der Waals surface area contributed by atoms with Crippen molar-refractivity contribution in [2.45, 2.75) is 68.7 Å². The minimum Gasteiger partial charge on any atom is -0.297 e. The molecule has 0 unspecified atom stereocenters. The second-order valence-electron chi connectivity index (χ2n) is 9.14. The molecule has 6 nitrogen and oxygen atoms in total. The van der Waals surface area contributed by atoms with Gasteiger partial charge in [-0.15, -0.1) is 5.10 Å². The summed E-state index contributed by atoms with van der Waals surface area (Å²) in [5.74, 6) is -2.03. The first-order valence-electron chi connectivity index (χ1n) is 10.9. The van der Waals surface area contributed by atoms with Crippen molar-refractivity contribution in [3.05, 3.63) is 47.3 Å². The number of piperidine rings is 1. The van der Waals surface area contributed by atoms with Gasteiger partial charge in [-0.25, -0.2) is 21.9 Å². The van der Waals surface area contributed by atoms with E-state index in [4.69, 9.17) is 0 Å². The van der Waals surface area contributed by atoms with Gasteiger partial charge in [0.25, 0.3) is 0 Å². The number of hydrogen-bond acceptors (Lipinski definition) is 5. The topological polar surface area (TPSA) is 68.1 Å². The molecule has 2 heterocycles. The van der Waals surface area contributed by atoms with Gasteiger partial charge < -0.3 is 0 Å². The van der Waals surface area contributed by atoms with E-state index >= 15 is 0 Å². The lowest BCUT2D eigenvalue weighted by atomic mass is 9.88. The molecule has 0 spiro atoms. The first-order chi connectivity index (χ1) is 14.7. The summed E-state index contributed by atoms with van der Waals surface area (Å²) in [5, 5.41) is 8.47. The molecular formula is C22H30F2N4O2S. The fourth-order valence-electron chi connectivity index (χ4n) is 4.75. The van der Waals surface area contributed by atoms with Crippen LogP contribution in [-0.2, 0) is 22.1 Å². The van der Waals surface area contributed by atoms with E-state index in [0.717, 1.165) is 37.2 Å². The second-order valence-corrected chi connectivity index (χ2v) is 11.3. The fourth-order valence-corrected chi connectivity index (χ4v) is 5.53. The zero-order valence-corrected chi connectivity index (χ0v) is 18.7. The maximum atomic E-state index is 13.4. The third-order valence-electron chi connectivity index (χ3n) is 6.44. The monoisotopic (exact) mass is 452 g/mol. The number of benzene rings is 1. The number of rotatable bonds is 6. The van der Waals surface area contributed by atoms with Crippen LogP contribution in [0.5, 0.6) is 0 Å². The number of alkyl halides is 2. The van der Waals surface area contributed by atoms with Gasteiger partial charge in [0.2, 0.25) is 5.92 Å². The van der Waals surface area contributed by atoms with Crippen LogP contribution in [-0.4, -0.2) is 53.6 Å². The Morgan fingerprint density at radius 1 is 1.13 bits per heavy atom. The van der Waals surface area contributed by atoms with Crippen molar-refractivity contribution in [2.75, 3.05) is 19.3 Å². The molecule has 2 aromatic rings. The van der Waals surface area contributed by atoms with Crippen LogP contribution in [0.3, 0.4) is 0 Å². The van der Waals surface area contributed by atoms with Crippen LogP contribution < -0.4 is 0 Å². The highest BCUT2D eigenvalue weighted by molar-refractivity contribution is 7.89. The molecule has 1 saturated carbocycles. The Morgan fingerprint density at radius 2 is 1.84 bits per heavy atom. The van der Waals surface area contributed by atoms with Gasteiger partial charge in [-0.2, -0.15) is 0 Å². The van der Waals surface area contributed by atoms with E-state index in [1.54, 1.807) is 4.68 Å². The van der Waals surface area contributed by atoms with Gasteiger partial charge in [0.15, 0.2) is 9.84 Å². The quantitative estimate of drug-likeness (QED) is 0.664. The zero-order valence-electron chi connectivity index (χ0n) is 17.9. The molecule has 1 aromatic heterocycles. The Kier molecular flexibility index (Phi) is 6.44. The predicted molar refractivity (Wildman–Crippen MR) is 115 cm³/mol. The summed E-state index contributed by atoms with van der Waals surface area (Å²) in [6, 6.07) is 7.95. The molecule has 2 aliphatic rings. The number of nitrogens with zero attached hydrogens (tertiary/aromatic N) is 4. The molecule has 0 amide bonds. The normalized spacial score (nSPS) is 21.4. The van der Waals surface area contributed by atoms with Crippen LogP contribution in [0, 0.1) is 0 Å². The van der Waals surface area contributed by atoms with E-state index < -0.39 is 15.8 Å². The standard InChI is InChI=1S/C22H30F2N4O2S/c1-31(29,30)16-17-3-2-4-19(13-17)18-7-11-27(12-8-18)14-20-15-28(26-25-20)21-5-9-22(23,24)10-6-21/h2-4,13,15,18,21H,5-12,14,16H2,1H3. The first kappa shape index (κ1) is 22.3. The highest BCUT2D eigenvalue weighted by Gasteiger charge is 2.36. The van der Waals surface area contributed by atoms with Crippen LogP contribution in [0.1, 0.15) is 67.3 Å². The summed E-state index contributed by atoms with van der Waals surface area (Å²) >= 11 is 0. The van der Waals surface area contributed by atoms with E-state index in [-0.39, 0.29) is 24.6 Å². The molecule has 9 heteroatoms. The van der Waals surface area contributed by atoms with Crippen LogP contribution >= 0.6 is 0 Å². The Morgan fingerprint density at radius 3 is 2.52 bits per heavy atom. The first-order valence-corrected chi connectivity index (χ1v) is 13.0. The molecule has 31 heavy (non-hydrogen) atoms. The average molecular weight is 453 g/mol. The van der Waals surface area contributed by atoms with Gasteiger partial charge >= 0.3 is 0 Å². The number of sulfone groups is 1. The molecule has 170 valence electrons. The maximum Gasteiger partial charge on any atom is 0.248 e. The van der Waals surface area contributed by atoms with Crippen molar-refractivity contribution in [1.29, 1.82) is 0 Å². The van der Waals surface area contributed by atoms with Gasteiger partial charge in [0, 0.05) is 25.6 Å². The SMILES string of the molecule is CS(=O)(=O)Cc1cccc(C2CCN(Cc3cn(C4CCC(F)(F)CC4)nn3)CC2)c1. The summed E-state index contributed by atoms with van der Waals surface area (Å²) in [6.07, 6.45) is 5.92. The Hall–Kier alpha value is -1.87. The lowest BCUT2D eigenvalue weighted by Crippen LogP contribution is -2.32. The number of halogens is 2. The lowest BCUT2D eigenvalue weighted by Gasteiger charge is -2.31. The highest BCUT2D eigenvalue weighted by atomic mass is 32.2. The van der Waals surface area contributed by atoms with E-state index in [0.29, 0.717) is 25.3 Å². The van der Waals surface area contributed by atoms with E-state index in [1.165, 1.54) is 11.8 Å². The molecule has 4 rings (SSSR count). The fraction of sp³-hybridized carbons (Fsp3) is 0.636. The molecule has 1 aliphatic carbocycles. The summed E-state index contributed by atoms with van der Waals surface area (Å²) in [7, 11) is -3.04. The molecule has 1 aromatic carbocycles. The maximum absolute atomic E-state index is 13.4. The number of aromatic nitrogens is 3. The molecular weight excluding hydrogens is 422 g/mol. The molecule has 0 radical (unpaired) electrons.